The minimum Gasteiger partial charge on any atom is -0.477 e. The van der Waals surface area contributed by atoms with Gasteiger partial charge in [-0.15, -0.1) is 11.8 Å². The largest absolute Gasteiger partial charge is 0.477 e. The lowest BCUT2D eigenvalue weighted by molar-refractivity contribution is -0.131. The molecule has 0 atom stereocenters. The van der Waals surface area contributed by atoms with Crippen LogP contribution in [0.5, 0.6) is 0 Å². The summed E-state index contributed by atoms with van der Waals surface area (Å²) in [5.74, 6) is 0.592. The Labute approximate surface area is 113 Å². The molecule has 3 heterocycles. The SMILES string of the molecule is Cn1ccc2c(N3C=C(C(=O)O)SCC3)ncnc21. The van der Waals surface area contributed by atoms with E-state index in [1.54, 1.807) is 6.20 Å². The summed E-state index contributed by atoms with van der Waals surface area (Å²) in [7, 11) is 1.92. The van der Waals surface area contributed by atoms with Crippen molar-refractivity contribution in [3.05, 3.63) is 29.7 Å². The summed E-state index contributed by atoms with van der Waals surface area (Å²) in [6, 6.07) is 1.95. The molecule has 0 aromatic carbocycles. The number of nitrogens with zero attached hydrogens (tertiary/aromatic N) is 4. The fraction of sp³-hybridized carbons (Fsp3) is 0.250. The number of carbonyl (C=O) groups is 1. The van der Waals surface area contributed by atoms with E-state index in [9.17, 15) is 4.79 Å². The highest BCUT2D eigenvalue weighted by atomic mass is 32.2. The quantitative estimate of drug-likeness (QED) is 0.895. The van der Waals surface area contributed by atoms with Crippen LogP contribution in [-0.2, 0) is 11.8 Å². The molecule has 0 saturated heterocycles. The van der Waals surface area contributed by atoms with Gasteiger partial charge in [0.2, 0.25) is 0 Å². The molecule has 1 aliphatic heterocycles. The molecule has 0 unspecified atom stereocenters. The number of aromatic nitrogens is 3. The van der Waals surface area contributed by atoms with E-state index in [1.807, 2.05) is 28.8 Å². The molecule has 2 aromatic heterocycles. The molecule has 1 aliphatic rings. The van der Waals surface area contributed by atoms with E-state index in [-0.39, 0.29) is 0 Å². The number of thioether (sulfide) groups is 1. The zero-order chi connectivity index (χ0) is 13.4. The summed E-state index contributed by atoms with van der Waals surface area (Å²) in [4.78, 5) is 21.8. The Morgan fingerprint density at radius 2 is 2.32 bits per heavy atom. The third-order valence-electron chi connectivity index (χ3n) is 2.99. The molecule has 0 fully saturated rings. The van der Waals surface area contributed by atoms with Gasteiger partial charge in [0.15, 0.2) is 0 Å². The van der Waals surface area contributed by atoms with E-state index >= 15 is 0 Å². The number of aryl methyl sites for hydroxylation is 1. The third kappa shape index (κ3) is 2.06. The van der Waals surface area contributed by atoms with E-state index in [2.05, 4.69) is 9.97 Å². The lowest BCUT2D eigenvalue weighted by Crippen LogP contribution is -2.26. The van der Waals surface area contributed by atoms with Gasteiger partial charge in [0.25, 0.3) is 0 Å². The highest BCUT2D eigenvalue weighted by molar-refractivity contribution is 8.04. The Bertz CT molecular complexity index is 679. The monoisotopic (exact) mass is 276 g/mol. The van der Waals surface area contributed by atoms with Crippen LogP contribution in [0.1, 0.15) is 0 Å². The summed E-state index contributed by atoms with van der Waals surface area (Å²) in [5.41, 5.74) is 0.841. The molecule has 0 saturated carbocycles. The lowest BCUT2D eigenvalue weighted by atomic mass is 10.3. The molecule has 0 bridgehead atoms. The number of rotatable bonds is 2. The average Bonchev–Trinajstić information content (AvgIpc) is 2.81. The van der Waals surface area contributed by atoms with Gasteiger partial charge in [-0.2, -0.15) is 0 Å². The Morgan fingerprint density at radius 1 is 1.47 bits per heavy atom. The fourth-order valence-corrected chi connectivity index (χ4v) is 2.91. The maximum atomic E-state index is 11.0. The molecule has 1 N–H and O–H groups in total. The van der Waals surface area contributed by atoms with Gasteiger partial charge in [-0.3, -0.25) is 0 Å². The predicted molar refractivity (Wildman–Crippen MR) is 74.0 cm³/mol. The predicted octanol–water partition coefficient (Wildman–Crippen LogP) is 1.45. The molecule has 2 aromatic rings. The molecule has 0 spiro atoms. The molecule has 19 heavy (non-hydrogen) atoms. The Morgan fingerprint density at radius 3 is 3.11 bits per heavy atom. The summed E-state index contributed by atoms with van der Waals surface area (Å²) in [5, 5.41) is 10.00. The Kier molecular flexibility index (Phi) is 2.90. The van der Waals surface area contributed by atoms with Crippen molar-refractivity contribution in [1.82, 2.24) is 14.5 Å². The van der Waals surface area contributed by atoms with Gasteiger partial charge >= 0.3 is 5.97 Å². The van der Waals surface area contributed by atoms with Crippen molar-refractivity contribution in [1.29, 1.82) is 0 Å². The van der Waals surface area contributed by atoms with Crippen molar-refractivity contribution in [2.45, 2.75) is 0 Å². The third-order valence-corrected chi connectivity index (χ3v) is 3.96. The van der Waals surface area contributed by atoms with Crippen molar-refractivity contribution in [2.24, 2.45) is 7.05 Å². The van der Waals surface area contributed by atoms with Crippen molar-refractivity contribution >= 4 is 34.6 Å². The molecule has 98 valence electrons. The number of hydrogen-bond acceptors (Lipinski definition) is 5. The van der Waals surface area contributed by atoms with E-state index in [4.69, 9.17) is 5.11 Å². The van der Waals surface area contributed by atoms with E-state index in [1.165, 1.54) is 18.1 Å². The Hall–Kier alpha value is -2.02. The zero-order valence-electron chi connectivity index (χ0n) is 10.3. The maximum Gasteiger partial charge on any atom is 0.343 e. The van der Waals surface area contributed by atoms with Crippen LogP contribution in [-0.4, -0.2) is 37.9 Å². The summed E-state index contributed by atoms with van der Waals surface area (Å²) >= 11 is 1.35. The van der Waals surface area contributed by atoms with E-state index in [0.717, 1.165) is 29.1 Å². The van der Waals surface area contributed by atoms with E-state index < -0.39 is 5.97 Å². The number of aliphatic carboxylic acids is 1. The van der Waals surface area contributed by atoms with Crippen molar-refractivity contribution in [3.8, 4) is 0 Å². The average molecular weight is 276 g/mol. The standard InChI is InChI=1S/C12H12N4O2S/c1-15-3-2-8-10(15)13-7-14-11(8)16-4-5-19-9(6-16)12(17)18/h2-3,6-7H,4-5H2,1H3,(H,17,18). The van der Waals surface area contributed by atoms with Gasteiger partial charge in [-0.05, 0) is 6.07 Å². The van der Waals surface area contributed by atoms with Gasteiger partial charge in [-0.25, -0.2) is 14.8 Å². The first-order valence-electron chi connectivity index (χ1n) is 5.77. The molecule has 0 radical (unpaired) electrons. The minimum atomic E-state index is -0.895. The minimum absolute atomic E-state index is 0.342. The van der Waals surface area contributed by atoms with Crippen molar-refractivity contribution in [3.63, 3.8) is 0 Å². The second kappa shape index (κ2) is 4.58. The second-order valence-corrected chi connectivity index (χ2v) is 5.34. The van der Waals surface area contributed by atoms with Gasteiger partial charge in [-0.1, -0.05) is 0 Å². The van der Waals surface area contributed by atoms with Gasteiger partial charge in [0, 0.05) is 31.7 Å². The maximum absolute atomic E-state index is 11.0. The van der Waals surface area contributed by atoms with Crippen LogP contribution < -0.4 is 4.90 Å². The van der Waals surface area contributed by atoms with Gasteiger partial charge in [0.1, 0.15) is 22.7 Å². The molecule has 6 nitrogen and oxygen atoms in total. The first-order chi connectivity index (χ1) is 9.16. The van der Waals surface area contributed by atoms with Gasteiger partial charge in [0.05, 0.1) is 5.39 Å². The molecular formula is C12H12N4O2S. The number of carboxylic acids is 1. The normalized spacial score (nSPS) is 15.6. The van der Waals surface area contributed by atoms with E-state index in [0.29, 0.717) is 4.91 Å². The smallest absolute Gasteiger partial charge is 0.343 e. The topological polar surface area (TPSA) is 71.2 Å². The second-order valence-electron chi connectivity index (χ2n) is 4.20. The molecule has 0 aliphatic carbocycles. The van der Waals surface area contributed by atoms with Crippen LogP contribution in [0.2, 0.25) is 0 Å². The van der Waals surface area contributed by atoms with Crippen molar-refractivity contribution in [2.75, 3.05) is 17.2 Å². The molecule has 3 rings (SSSR count). The number of hydrogen-bond donors (Lipinski definition) is 1. The first kappa shape index (κ1) is 12.0. The Balaban J connectivity index is 2.09. The highest BCUT2D eigenvalue weighted by Gasteiger charge is 2.20. The fourth-order valence-electron chi connectivity index (χ4n) is 2.07. The van der Waals surface area contributed by atoms with Crippen LogP contribution >= 0.6 is 11.8 Å². The summed E-state index contributed by atoms with van der Waals surface area (Å²) in [6.45, 7) is 0.739. The van der Waals surface area contributed by atoms with Crippen LogP contribution in [0.15, 0.2) is 29.7 Å². The molecule has 0 amide bonds. The summed E-state index contributed by atoms with van der Waals surface area (Å²) in [6.07, 6.45) is 5.07. The summed E-state index contributed by atoms with van der Waals surface area (Å²) < 4.78 is 1.92. The highest BCUT2D eigenvalue weighted by Crippen LogP contribution is 2.29. The number of carboxylic acid groups (broad SMARTS) is 1. The van der Waals surface area contributed by atoms with Crippen LogP contribution in [0.25, 0.3) is 11.0 Å². The van der Waals surface area contributed by atoms with Crippen LogP contribution in [0.4, 0.5) is 5.82 Å². The van der Waals surface area contributed by atoms with Crippen LogP contribution in [0, 0.1) is 0 Å². The number of fused-ring (bicyclic) bond motifs is 1. The van der Waals surface area contributed by atoms with Gasteiger partial charge < -0.3 is 14.6 Å². The zero-order valence-corrected chi connectivity index (χ0v) is 11.1. The first-order valence-corrected chi connectivity index (χ1v) is 6.76. The molecule has 7 heteroatoms. The van der Waals surface area contributed by atoms with Crippen LogP contribution in [0.3, 0.4) is 0 Å². The lowest BCUT2D eigenvalue weighted by Gasteiger charge is -2.24. The number of anilines is 1. The molecular weight excluding hydrogens is 264 g/mol. The van der Waals surface area contributed by atoms with Crippen molar-refractivity contribution < 1.29 is 9.90 Å².